The molecule has 0 aromatic carbocycles. The van der Waals surface area contributed by atoms with Crippen LogP contribution in [0.3, 0.4) is 0 Å². The second-order valence-electron chi connectivity index (χ2n) is 5.44. The van der Waals surface area contributed by atoms with Crippen molar-refractivity contribution in [2.45, 2.75) is 52.9 Å². The molecular weight excluding hydrogens is 182 g/mol. The van der Waals surface area contributed by atoms with Crippen LogP contribution in [0.1, 0.15) is 52.9 Å². The second-order valence-corrected chi connectivity index (χ2v) is 5.44. The quantitative estimate of drug-likeness (QED) is 0.680. The number of nitrogens with one attached hydrogen (secondary N) is 1. The third-order valence-electron chi connectivity index (χ3n) is 3.13. The van der Waals surface area contributed by atoms with E-state index in [1.807, 2.05) is 0 Å². The van der Waals surface area contributed by atoms with Crippen molar-refractivity contribution in [2.24, 2.45) is 11.8 Å². The molecule has 1 aliphatic rings. The average molecular weight is 209 g/mol. The lowest BCUT2D eigenvalue weighted by Crippen LogP contribution is -2.21. The lowest BCUT2D eigenvalue weighted by atomic mass is 9.88. The Labute approximate surface area is 95.3 Å². The summed E-state index contributed by atoms with van der Waals surface area (Å²) in [6.45, 7) is 8.99. The van der Waals surface area contributed by atoms with Gasteiger partial charge in [0.15, 0.2) is 0 Å². The van der Waals surface area contributed by atoms with Crippen molar-refractivity contribution < 1.29 is 0 Å². The highest BCUT2D eigenvalue weighted by Crippen LogP contribution is 2.25. The molecule has 0 heterocycles. The first kappa shape index (κ1) is 12.8. The van der Waals surface area contributed by atoms with Crippen LogP contribution in [0.15, 0.2) is 11.6 Å². The standard InChI is InChI=1S/C14H27N/c1-12(2)10-15-11-13(3)9-14-7-5-4-6-8-14/h9,12,14-15H,4-8,10-11H2,1-3H3. The zero-order valence-electron chi connectivity index (χ0n) is 10.7. The Morgan fingerprint density at radius 1 is 1.27 bits per heavy atom. The number of hydrogen-bond donors (Lipinski definition) is 1. The summed E-state index contributed by atoms with van der Waals surface area (Å²) in [6, 6.07) is 0. The molecule has 0 bridgehead atoms. The zero-order valence-corrected chi connectivity index (χ0v) is 10.7. The SMILES string of the molecule is CC(=CC1CCCCC1)CNCC(C)C. The molecule has 0 spiro atoms. The molecule has 0 atom stereocenters. The third kappa shape index (κ3) is 5.99. The molecule has 0 aromatic rings. The smallest absolute Gasteiger partial charge is 0.0162 e. The molecular formula is C14H27N. The van der Waals surface area contributed by atoms with E-state index in [4.69, 9.17) is 0 Å². The average Bonchev–Trinajstić information content (AvgIpc) is 2.18. The van der Waals surface area contributed by atoms with Crippen molar-refractivity contribution in [1.29, 1.82) is 0 Å². The van der Waals surface area contributed by atoms with Gasteiger partial charge in [-0.25, -0.2) is 0 Å². The van der Waals surface area contributed by atoms with Gasteiger partial charge in [0.25, 0.3) is 0 Å². The Bertz CT molecular complexity index is 188. The van der Waals surface area contributed by atoms with Gasteiger partial charge in [-0.2, -0.15) is 0 Å². The molecule has 1 fully saturated rings. The molecule has 0 amide bonds. The molecule has 1 N–H and O–H groups in total. The topological polar surface area (TPSA) is 12.0 Å². The minimum absolute atomic E-state index is 0.757. The summed E-state index contributed by atoms with van der Waals surface area (Å²) in [6.07, 6.45) is 9.67. The van der Waals surface area contributed by atoms with Crippen LogP contribution < -0.4 is 5.32 Å². The van der Waals surface area contributed by atoms with Crippen LogP contribution in [0.2, 0.25) is 0 Å². The largest absolute Gasteiger partial charge is 0.313 e. The van der Waals surface area contributed by atoms with E-state index in [0.717, 1.165) is 24.9 Å². The maximum Gasteiger partial charge on any atom is 0.0162 e. The Hall–Kier alpha value is -0.300. The predicted octanol–water partition coefficient (Wildman–Crippen LogP) is 3.76. The fourth-order valence-corrected chi connectivity index (χ4v) is 2.32. The molecule has 0 unspecified atom stereocenters. The summed E-state index contributed by atoms with van der Waals surface area (Å²) in [4.78, 5) is 0. The first-order valence-corrected chi connectivity index (χ1v) is 6.56. The van der Waals surface area contributed by atoms with Crippen molar-refractivity contribution in [3.8, 4) is 0 Å². The van der Waals surface area contributed by atoms with Crippen LogP contribution >= 0.6 is 0 Å². The van der Waals surface area contributed by atoms with Gasteiger partial charge >= 0.3 is 0 Å². The Kier molecular flexibility index (Phi) is 6.00. The summed E-state index contributed by atoms with van der Waals surface area (Å²) < 4.78 is 0. The van der Waals surface area contributed by atoms with Crippen molar-refractivity contribution >= 4 is 0 Å². The van der Waals surface area contributed by atoms with Crippen LogP contribution in [0, 0.1) is 11.8 Å². The van der Waals surface area contributed by atoms with E-state index in [1.165, 1.54) is 37.7 Å². The van der Waals surface area contributed by atoms with Gasteiger partial charge in [0, 0.05) is 6.54 Å². The molecule has 1 rings (SSSR count). The van der Waals surface area contributed by atoms with Crippen LogP contribution in [0.5, 0.6) is 0 Å². The summed E-state index contributed by atoms with van der Waals surface area (Å²) in [5.41, 5.74) is 1.53. The molecule has 0 aromatic heterocycles. The normalized spacial score (nSPS) is 19.9. The fraction of sp³-hybridized carbons (Fsp3) is 0.857. The van der Waals surface area contributed by atoms with E-state index in [1.54, 1.807) is 0 Å². The number of allylic oxidation sites excluding steroid dienone is 1. The molecule has 0 saturated heterocycles. The molecule has 1 nitrogen and oxygen atoms in total. The van der Waals surface area contributed by atoms with Crippen LogP contribution in [-0.4, -0.2) is 13.1 Å². The number of hydrogen-bond acceptors (Lipinski definition) is 1. The molecule has 1 heteroatoms. The molecule has 0 aliphatic heterocycles. The Balaban J connectivity index is 2.19. The lowest BCUT2D eigenvalue weighted by molar-refractivity contribution is 0.417. The van der Waals surface area contributed by atoms with E-state index in [-0.39, 0.29) is 0 Å². The van der Waals surface area contributed by atoms with E-state index in [2.05, 4.69) is 32.2 Å². The summed E-state index contributed by atoms with van der Waals surface area (Å²) >= 11 is 0. The second kappa shape index (κ2) is 7.05. The highest BCUT2D eigenvalue weighted by atomic mass is 14.8. The first-order valence-electron chi connectivity index (χ1n) is 6.56. The van der Waals surface area contributed by atoms with Crippen molar-refractivity contribution in [1.82, 2.24) is 5.32 Å². The van der Waals surface area contributed by atoms with Gasteiger partial charge in [0.2, 0.25) is 0 Å². The highest BCUT2D eigenvalue weighted by molar-refractivity contribution is 5.03. The monoisotopic (exact) mass is 209 g/mol. The molecule has 88 valence electrons. The van der Waals surface area contributed by atoms with E-state index in [9.17, 15) is 0 Å². The van der Waals surface area contributed by atoms with Gasteiger partial charge in [-0.1, -0.05) is 44.8 Å². The van der Waals surface area contributed by atoms with E-state index < -0.39 is 0 Å². The minimum Gasteiger partial charge on any atom is -0.313 e. The third-order valence-corrected chi connectivity index (χ3v) is 3.13. The van der Waals surface area contributed by atoms with Gasteiger partial charge in [-0.15, -0.1) is 0 Å². The molecule has 15 heavy (non-hydrogen) atoms. The van der Waals surface area contributed by atoms with Gasteiger partial charge in [-0.05, 0) is 38.1 Å². The van der Waals surface area contributed by atoms with Crippen molar-refractivity contribution in [3.05, 3.63) is 11.6 Å². The maximum absolute atomic E-state index is 3.51. The van der Waals surface area contributed by atoms with Gasteiger partial charge < -0.3 is 5.32 Å². The summed E-state index contributed by atoms with van der Waals surface area (Å²) in [5.74, 6) is 1.63. The lowest BCUT2D eigenvalue weighted by Gasteiger charge is -2.19. The van der Waals surface area contributed by atoms with Crippen molar-refractivity contribution in [2.75, 3.05) is 13.1 Å². The van der Waals surface area contributed by atoms with Crippen LogP contribution in [-0.2, 0) is 0 Å². The Morgan fingerprint density at radius 3 is 2.53 bits per heavy atom. The summed E-state index contributed by atoms with van der Waals surface area (Å²) in [5, 5.41) is 3.51. The minimum atomic E-state index is 0.757. The van der Waals surface area contributed by atoms with Gasteiger partial charge in [0.1, 0.15) is 0 Å². The molecule has 0 radical (unpaired) electrons. The van der Waals surface area contributed by atoms with Crippen molar-refractivity contribution in [3.63, 3.8) is 0 Å². The maximum atomic E-state index is 3.51. The van der Waals surface area contributed by atoms with Gasteiger partial charge in [0.05, 0.1) is 0 Å². The predicted molar refractivity (Wildman–Crippen MR) is 68.0 cm³/mol. The Morgan fingerprint density at radius 2 is 1.93 bits per heavy atom. The van der Waals surface area contributed by atoms with Crippen LogP contribution in [0.4, 0.5) is 0 Å². The number of rotatable bonds is 5. The van der Waals surface area contributed by atoms with Gasteiger partial charge in [-0.3, -0.25) is 0 Å². The summed E-state index contributed by atoms with van der Waals surface area (Å²) in [7, 11) is 0. The zero-order chi connectivity index (χ0) is 11.1. The van der Waals surface area contributed by atoms with E-state index >= 15 is 0 Å². The van der Waals surface area contributed by atoms with E-state index in [0.29, 0.717) is 0 Å². The van der Waals surface area contributed by atoms with Crippen LogP contribution in [0.25, 0.3) is 0 Å². The highest BCUT2D eigenvalue weighted by Gasteiger charge is 2.10. The fourth-order valence-electron chi connectivity index (χ4n) is 2.32. The molecule has 1 aliphatic carbocycles. The first-order chi connectivity index (χ1) is 7.18. The molecule has 1 saturated carbocycles.